The van der Waals surface area contributed by atoms with E-state index in [1.165, 1.54) is 11.8 Å². The average molecular weight is 329 g/mol. The van der Waals surface area contributed by atoms with Gasteiger partial charge in [0, 0.05) is 18.5 Å². The second kappa shape index (κ2) is 6.78. The molecule has 1 aromatic heterocycles. The Bertz CT molecular complexity index is 778. The number of fused-ring (bicyclic) bond motifs is 1. The van der Waals surface area contributed by atoms with Crippen molar-refractivity contribution < 1.29 is 23.8 Å². The molecule has 0 unspecified atom stereocenters. The Kier molecular flexibility index (Phi) is 4.55. The van der Waals surface area contributed by atoms with Crippen LogP contribution in [0.15, 0.2) is 28.9 Å². The van der Waals surface area contributed by atoms with E-state index in [2.05, 4.69) is 11.4 Å². The predicted molar refractivity (Wildman–Crippen MR) is 86.5 cm³/mol. The number of nitrogens with one attached hydrogen (secondary N) is 1. The highest BCUT2D eigenvalue weighted by Gasteiger charge is 2.20. The Morgan fingerprint density at radius 2 is 2.17 bits per heavy atom. The number of hydrogen-bond acceptors (Lipinski definition) is 4. The van der Waals surface area contributed by atoms with Gasteiger partial charge in [-0.2, -0.15) is 0 Å². The molecule has 0 saturated heterocycles. The van der Waals surface area contributed by atoms with E-state index in [0.717, 1.165) is 24.3 Å². The molecular formula is C18H19NO5. The second-order valence-corrected chi connectivity index (χ2v) is 5.83. The molecule has 24 heavy (non-hydrogen) atoms. The molecule has 1 aliphatic rings. The van der Waals surface area contributed by atoms with Crippen LogP contribution in [-0.2, 0) is 24.1 Å². The molecule has 0 saturated carbocycles. The van der Waals surface area contributed by atoms with Crippen molar-refractivity contribution in [3.8, 4) is 5.75 Å². The van der Waals surface area contributed by atoms with Crippen LogP contribution in [0.1, 0.15) is 32.8 Å². The molecule has 0 atom stereocenters. The molecule has 126 valence electrons. The van der Waals surface area contributed by atoms with Crippen LogP contribution in [0.25, 0.3) is 0 Å². The van der Waals surface area contributed by atoms with Crippen molar-refractivity contribution in [2.24, 2.45) is 0 Å². The molecule has 1 amide bonds. The highest BCUT2D eigenvalue weighted by Crippen LogP contribution is 2.26. The van der Waals surface area contributed by atoms with E-state index < -0.39 is 5.97 Å². The predicted octanol–water partition coefficient (Wildman–Crippen LogP) is 2.12. The molecule has 2 aromatic rings. The summed E-state index contributed by atoms with van der Waals surface area (Å²) in [5.74, 6) is -0.206. The van der Waals surface area contributed by atoms with E-state index in [1.807, 2.05) is 12.1 Å². The molecule has 1 aliphatic heterocycles. The van der Waals surface area contributed by atoms with E-state index in [1.54, 1.807) is 6.92 Å². The minimum Gasteiger partial charge on any atom is -0.493 e. The molecular weight excluding hydrogens is 310 g/mol. The van der Waals surface area contributed by atoms with Gasteiger partial charge < -0.3 is 19.6 Å². The Morgan fingerprint density at radius 1 is 1.33 bits per heavy atom. The van der Waals surface area contributed by atoms with Crippen molar-refractivity contribution >= 4 is 11.9 Å². The molecule has 3 rings (SSSR count). The summed E-state index contributed by atoms with van der Waals surface area (Å²) >= 11 is 0. The summed E-state index contributed by atoms with van der Waals surface area (Å²) in [5.41, 5.74) is 3.29. The summed E-state index contributed by atoms with van der Waals surface area (Å²) in [7, 11) is 0. The lowest BCUT2D eigenvalue weighted by Gasteiger charge is -2.07. The van der Waals surface area contributed by atoms with E-state index in [0.29, 0.717) is 24.1 Å². The van der Waals surface area contributed by atoms with Crippen LogP contribution in [0.5, 0.6) is 5.75 Å². The monoisotopic (exact) mass is 329 g/mol. The summed E-state index contributed by atoms with van der Waals surface area (Å²) in [6.45, 7) is 2.92. The van der Waals surface area contributed by atoms with Gasteiger partial charge in [0.15, 0.2) is 0 Å². The summed E-state index contributed by atoms with van der Waals surface area (Å²) < 4.78 is 10.7. The summed E-state index contributed by atoms with van der Waals surface area (Å²) in [5, 5.41) is 11.7. The Morgan fingerprint density at radius 3 is 2.96 bits per heavy atom. The van der Waals surface area contributed by atoms with Crippen molar-refractivity contribution in [2.45, 2.75) is 26.2 Å². The summed E-state index contributed by atoms with van der Waals surface area (Å²) in [6, 6.07) is 6.06. The first-order valence-electron chi connectivity index (χ1n) is 7.86. The smallest absolute Gasteiger partial charge is 0.311 e. The number of carbonyl (C=O) groups excluding carboxylic acids is 1. The Labute approximate surface area is 139 Å². The number of benzene rings is 1. The molecule has 2 N–H and O–H groups in total. The molecule has 1 aromatic carbocycles. The summed E-state index contributed by atoms with van der Waals surface area (Å²) in [4.78, 5) is 23.2. The van der Waals surface area contributed by atoms with Gasteiger partial charge in [-0.25, -0.2) is 0 Å². The average Bonchev–Trinajstić information content (AvgIpc) is 3.13. The van der Waals surface area contributed by atoms with Gasteiger partial charge in [0.05, 0.1) is 18.4 Å². The number of amides is 1. The van der Waals surface area contributed by atoms with Gasteiger partial charge in [0.2, 0.25) is 0 Å². The Hall–Kier alpha value is -2.76. The zero-order valence-electron chi connectivity index (χ0n) is 13.4. The highest BCUT2D eigenvalue weighted by molar-refractivity contribution is 5.97. The van der Waals surface area contributed by atoms with Crippen LogP contribution in [-0.4, -0.2) is 30.1 Å². The topological polar surface area (TPSA) is 88.8 Å². The van der Waals surface area contributed by atoms with Crippen LogP contribution in [0.2, 0.25) is 0 Å². The first-order valence-corrected chi connectivity index (χ1v) is 7.86. The fraction of sp³-hybridized carbons (Fsp3) is 0.333. The molecule has 0 aliphatic carbocycles. The third-order valence-corrected chi connectivity index (χ3v) is 4.04. The van der Waals surface area contributed by atoms with Crippen molar-refractivity contribution in [3.63, 3.8) is 0 Å². The number of ether oxygens (including phenoxy) is 1. The molecule has 6 nitrogen and oxygen atoms in total. The van der Waals surface area contributed by atoms with Gasteiger partial charge in [-0.05, 0) is 30.5 Å². The maximum atomic E-state index is 12.3. The molecule has 0 bridgehead atoms. The van der Waals surface area contributed by atoms with Crippen LogP contribution < -0.4 is 10.1 Å². The molecule has 0 fully saturated rings. The van der Waals surface area contributed by atoms with Crippen molar-refractivity contribution in [3.05, 3.63) is 52.5 Å². The highest BCUT2D eigenvalue weighted by atomic mass is 16.5. The van der Waals surface area contributed by atoms with Crippen LogP contribution >= 0.6 is 0 Å². The van der Waals surface area contributed by atoms with E-state index in [4.69, 9.17) is 14.3 Å². The fourth-order valence-corrected chi connectivity index (χ4v) is 2.87. The lowest BCUT2D eigenvalue weighted by atomic mass is 10.1. The van der Waals surface area contributed by atoms with Gasteiger partial charge in [-0.1, -0.05) is 12.1 Å². The van der Waals surface area contributed by atoms with Gasteiger partial charge >= 0.3 is 5.97 Å². The first-order chi connectivity index (χ1) is 11.5. The summed E-state index contributed by atoms with van der Waals surface area (Å²) in [6.07, 6.45) is 2.72. The van der Waals surface area contributed by atoms with E-state index in [-0.39, 0.29) is 18.1 Å². The van der Waals surface area contributed by atoms with Gasteiger partial charge in [0.25, 0.3) is 5.91 Å². The second-order valence-electron chi connectivity index (χ2n) is 5.83. The molecule has 2 heterocycles. The van der Waals surface area contributed by atoms with Crippen LogP contribution in [0.3, 0.4) is 0 Å². The van der Waals surface area contributed by atoms with Crippen molar-refractivity contribution in [1.29, 1.82) is 0 Å². The number of carboxylic acids is 1. The number of rotatable bonds is 6. The van der Waals surface area contributed by atoms with Gasteiger partial charge in [-0.3, -0.25) is 9.59 Å². The number of hydrogen-bond donors (Lipinski definition) is 2. The number of aryl methyl sites for hydroxylation is 1. The van der Waals surface area contributed by atoms with Gasteiger partial charge in [0.1, 0.15) is 17.9 Å². The van der Waals surface area contributed by atoms with E-state index >= 15 is 0 Å². The van der Waals surface area contributed by atoms with Crippen LogP contribution in [0.4, 0.5) is 0 Å². The third kappa shape index (κ3) is 3.42. The number of aliphatic carboxylic acids is 1. The lowest BCUT2D eigenvalue weighted by molar-refractivity contribution is -0.136. The molecule has 6 heteroatoms. The maximum Gasteiger partial charge on any atom is 0.311 e. The van der Waals surface area contributed by atoms with Crippen LogP contribution in [0, 0.1) is 6.92 Å². The fourth-order valence-electron chi connectivity index (χ4n) is 2.87. The van der Waals surface area contributed by atoms with Crippen molar-refractivity contribution in [2.75, 3.05) is 13.2 Å². The Balaban J connectivity index is 1.60. The van der Waals surface area contributed by atoms with Crippen molar-refractivity contribution in [1.82, 2.24) is 5.32 Å². The first kappa shape index (κ1) is 16.1. The minimum absolute atomic E-state index is 0.187. The molecule has 0 radical (unpaired) electrons. The zero-order chi connectivity index (χ0) is 17.1. The third-order valence-electron chi connectivity index (χ3n) is 4.04. The minimum atomic E-state index is -1.03. The SMILES string of the molecule is Cc1coc(CC(=O)O)c1C(=O)NCCc1ccc2c(c1)CCO2. The van der Waals surface area contributed by atoms with E-state index in [9.17, 15) is 9.59 Å². The number of carbonyl (C=O) groups is 2. The number of furan rings is 1. The molecule has 0 spiro atoms. The quantitative estimate of drug-likeness (QED) is 0.847. The largest absolute Gasteiger partial charge is 0.493 e. The standard InChI is InChI=1S/C18H19NO5/c1-11-10-24-15(9-16(20)21)17(11)18(22)19-6-4-12-2-3-14-13(8-12)5-7-23-14/h2-3,8,10H,4-7,9H2,1H3,(H,19,22)(H,20,21). The normalized spacial score (nSPS) is 12.5. The zero-order valence-corrected chi connectivity index (χ0v) is 13.4. The lowest BCUT2D eigenvalue weighted by Crippen LogP contribution is -2.27. The number of carboxylic acid groups (broad SMARTS) is 1. The maximum absolute atomic E-state index is 12.3. The van der Waals surface area contributed by atoms with Gasteiger partial charge in [-0.15, -0.1) is 0 Å².